The molecule has 0 unspecified atom stereocenters. The van der Waals surface area contributed by atoms with Crippen molar-refractivity contribution in [1.29, 1.82) is 0 Å². The summed E-state index contributed by atoms with van der Waals surface area (Å²) in [5, 5.41) is 0. The highest BCUT2D eigenvalue weighted by Gasteiger charge is 2.20. The van der Waals surface area contributed by atoms with Crippen molar-refractivity contribution >= 4 is 0 Å². The lowest BCUT2D eigenvalue weighted by atomic mass is 9.83. The fourth-order valence-corrected chi connectivity index (χ4v) is 3.80. The van der Waals surface area contributed by atoms with Gasteiger partial charge in [0.2, 0.25) is 0 Å². The Labute approximate surface area is 140 Å². The molecule has 0 fully saturated rings. The highest BCUT2D eigenvalue weighted by Crippen LogP contribution is 2.32. The summed E-state index contributed by atoms with van der Waals surface area (Å²) in [6.07, 6.45) is 24.9. The van der Waals surface area contributed by atoms with Gasteiger partial charge >= 0.3 is 0 Å². The fourth-order valence-electron chi connectivity index (χ4n) is 3.80. The molecule has 2 atom stereocenters. The monoisotopic (exact) mass is 304 g/mol. The third-order valence-electron chi connectivity index (χ3n) is 5.29. The maximum atomic E-state index is 2.50. The number of hydrogen-bond donors (Lipinski definition) is 0. The minimum Gasteiger partial charge on any atom is -0.0879 e. The van der Waals surface area contributed by atoms with E-state index < -0.39 is 0 Å². The molecule has 0 nitrogen and oxygen atoms in total. The predicted octanol–water partition coefficient (Wildman–Crippen LogP) is 7.70. The number of rotatable bonds is 12. The Bertz CT molecular complexity index is 321. The van der Waals surface area contributed by atoms with Crippen LogP contribution in [0.2, 0.25) is 0 Å². The van der Waals surface area contributed by atoms with Gasteiger partial charge in [0.05, 0.1) is 0 Å². The van der Waals surface area contributed by atoms with Crippen LogP contribution in [0, 0.1) is 17.3 Å². The van der Waals surface area contributed by atoms with E-state index in [0.29, 0.717) is 5.41 Å². The molecule has 0 saturated heterocycles. The normalized spacial score (nSPS) is 22.0. The second-order valence-electron chi connectivity index (χ2n) is 8.09. The van der Waals surface area contributed by atoms with Crippen molar-refractivity contribution in [1.82, 2.24) is 0 Å². The van der Waals surface area contributed by atoms with Crippen molar-refractivity contribution in [2.45, 2.75) is 98.3 Å². The topological polar surface area (TPSA) is 0 Å². The van der Waals surface area contributed by atoms with Crippen LogP contribution in [0.3, 0.4) is 0 Å². The second-order valence-corrected chi connectivity index (χ2v) is 8.09. The van der Waals surface area contributed by atoms with E-state index in [-0.39, 0.29) is 0 Å². The Morgan fingerprint density at radius 1 is 1.00 bits per heavy atom. The minimum absolute atomic E-state index is 0.517. The number of unbranched alkanes of at least 4 members (excludes halogenated alkanes) is 4. The van der Waals surface area contributed by atoms with Crippen molar-refractivity contribution < 1.29 is 0 Å². The van der Waals surface area contributed by atoms with Crippen molar-refractivity contribution in [3.63, 3.8) is 0 Å². The van der Waals surface area contributed by atoms with E-state index in [1.54, 1.807) is 0 Å². The lowest BCUT2D eigenvalue weighted by Gasteiger charge is -2.23. The van der Waals surface area contributed by atoms with E-state index in [9.17, 15) is 0 Å². The van der Waals surface area contributed by atoms with Crippen LogP contribution in [0.4, 0.5) is 0 Å². The average molecular weight is 305 g/mol. The molecule has 1 aliphatic rings. The van der Waals surface area contributed by atoms with E-state index >= 15 is 0 Å². The molecule has 0 radical (unpaired) electrons. The largest absolute Gasteiger partial charge is 0.0879 e. The van der Waals surface area contributed by atoms with E-state index in [1.165, 1.54) is 70.6 Å². The Morgan fingerprint density at radius 2 is 1.77 bits per heavy atom. The van der Waals surface area contributed by atoms with Crippen molar-refractivity contribution in [3.05, 3.63) is 24.3 Å². The fraction of sp³-hybridized carbons (Fsp3) is 0.818. The van der Waals surface area contributed by atoms with Crippen LogP contribution in [0.15, 0.2) is 24.3 Å². The van der Waals surface area contributed by atoms with Crippen LogP contribution in [-0.4, -0.2) is 0 Å². The van der Waals surface area contributed by atoms with Gasteiger partial charge in [-0.05, 0) is 49.4 Å². The molecule has 128 valence electrons. The van der Waals surface area contributed by atoms with Gasteiger partial charge in [-0.15, -0.1) is 0 Å². The van der Waals surface area contributed by atoms with E-state index in [2.05, 4.69) is 52.0 Å². The summed E-state index contributed by atoms with van der Waals surface area (Å²) in [6, 6.07) is 0. The summed E-state index contributed by atoms with van der Waals surface area (Å²) in [7, 11) is 0. The Kier molecular flexibility index (Phi) is 9.84. The van der Waals surface area contributed by atoms with Gasteiger partial charge in [-0.3, -0.25) is 0 Å². The maximum absolute atomic E-state index is 2.50. The summed E-state index contributed by atoms with van der Waals surface area (Å²) in [5.74, 6) is 1.61. The van der Waals surface area contributed by atoms with Gasteiger partial charge in [0.25, 0.3) is 0 Å². The molecule has 0 aromatic rings. The number of allylic oxidation sites excluding steroid dienone is 4. The molecule has 0 aliphatic heterocycles. The molecule has 1 rings (SSSR count). The first-order valence-corrected chi connectivity index (χ1v) is 9.92. The zero-order valence-electron chi connectivity index (χ0n) is 15.7. The molecular formula is C22H40. The standard InChI is InChI=1S/C22H40/c1-5-7-8-9-10-14-20-16-13-17-21(20)15-11-12-19-22(3,4)18-6-2/h11,13,15,17,20-21H,5-10,12,14,16,18-19H2,1-4H3/t20-,21-/m0/s1. The predicted molar refractivity (Wildman–Crippen MR) is 101 cm³/mol. The highest BCUT2D eigenvalue weighted by molar-refractivity contribution is 5.09. The average Bonchev–Trinajstić information content (AvgIpc) is 2.91. The minimum atomic E-state index is 0.517. The van der Waals surface area contributed by atoms with Crippen LogP contribution in [0.1, 0.15) is 98.3 Å². The third-order valence-corrected chi connectivity index (χ3v) is 5.29. The first-order valence-electron chi connectivity index (χ1n) is 9.92. The first-order chi connectivity index (χ1) is 10.6. The van der Waals surface area contributed by atoms with Crippen LogP contribution >= 0.6 is 0 Å². The van der Waals surface area contributed by atoms with Crippen LogP contribution < -0.4 is 0 Å². The van der Waals surface area contributed by atoms with E-state index in [1.807, 2.05) is 0 Å². The zero-order chi connectivity index (χ0) is 16.3. The summed E-state index contributed by atoms with van der Waals surface area (Å²) >= 11 is 0. The van der Waals surface area contributed by atoms with Gasteiger partial charge in [-0.25, -0.2) is 0 Å². The molecule has 22 heavy (non-hydrogen) atoms. The lowest BCUT2D eigenvalue weighted by molar-refractivity contribution is 0.306. The van der Waals surface area contributed by atoms with Crippen LogP contribution in [-0.2, 0) is 0 Å². The quantitative estimate of drug-likeness (QED) is 0.256. The molecule has 0 bridgehead atoms. The molecule has 0 amide bonds. The summed E-state index contributed by atoms with van der Waals surface area (Å²) in [5.41, 5.74) is 0.517. The maximum Gasteiger partial charge on any atom is -0.00222 e. The highest BCUT2D eigenvalue weighted by atomic mass is 14.2. The summed E-state index contributed by atoms with van der Waals surface area (Å²) < 4.78 is 0. The van der Waals surface area contributed by atoms with Gasteiger partial charge in [0.1, 0.15) is 0 Å². The smallest absolute Gasteiger partial charge is 0.00222 e. The van der Waals surface area contributed by atoms with Gasteiger partial charge in [0, 0.05) is 0 Å². The van der Waals surface area contributed by atoms with Gasteiger partial charge in [-0.1, -0.05) is 90.5 Å². The SMILES string of the molecule is CCCCCCC[C@H]1CC=C[C@@H]1C=CCCC(C)(C)CCC. The molecule has 0 spiro atoms. The molecule has 0 N–H and O–H groups in total. The van der Waals surface area contributed by atoms with E-state index in [4.69, 9.17) is 0 Å². The third kappa shape index (κ3) is 8.20. The van der Waals surface area contributed by atoms with Gasteiger partial charge in [0.15, 0.2) is 0 Å². The molecule has 0 heterocycles. The van der Waals surface area contributed by atoms with Gasteiger partial charge < -0.3 is 0 Å². The lowest BCUT2D eigenvalue weighted by Crippen LogP contribution is -2.10. The Morgan fingerprint density at radius 3 is 2.50 bits per heavy atom. The van der Waals surface area contributed by atoms with Crippen molar-refractivity contribution in [3.8, 4) is 0 Å². The summed E-state index contributed by atoms with van der Waals surface area (Å²) in [6.45, 7) is 9.42. The van der Waals surface area contributed by atoms with Crippen LogP contribution in [0.5, 0.6) is 0 Å². The molecule has 0 saturated carbocycles. The number of hydrogen-bond acceptors (Lipinski definition) is 0. The Balaban J connectivity index is 2.22. The summed E-state index contributed by atoms with van der Waals surface area (Å²) in [4.78, 5) is 0. The van der Waals surface area contributed by atoms with Crippen LogP contribution in [0.25, 0.3) is 0 Å². The van der Waals surface area contributed by atoms with Crippen molar-refractivity contribution in [2.24, 2.45) is 17.3 Å². The second kappa shape index (κ2) is 11.1. The molecule has 0 heteroatoms. The Hall–Kier alpha value is -0.520. The molecular weight excluding hydrogens is 264 g/mol. The zero-order valence-corrected chi connectivity index (χ0v) is 15.7. The first kappa shape index (κ1) is 19.5. The van der Waals surface area contributed by atoms with E-state index in [0.717, 1.165) is 11.8 Å². The molecule has 0 aromatic heterocycles. The molecule has 0 aromatic carbocycles. The van der Waals surface area contributed by atoms with Crippen molar-refractivity contribution in [2.75, 3.05) is 0 Å². The van der Waals surface area contributed by atoms with Gasteiger partial charge in [-0.2, -0.15) is 0 Å². The molecule has 1 aliphatic carbocycles.